The molecule has 3 atom stereocenters. The van der Waals surface area contributed by atoms with Gasteiger partial charge in [0.05, 0.1) is 19.8 Å². The van der Waals surface area contributed by atoms with E-state index in [0.717, 1.165) is 24.0 Å². The summed E-state index contributed by atoms with van der Waals surface area (Å²) in [6.45, 7) is 6.01. The lowest BCUT2D eigenvalue weighted by Gasteiger charge is -2.27. The number of benzene rings is 2. The van der Waals surface area contributed by atoms with Crippen LogP contribution in [0.1, 0.15) is 37.8 Å². The Balaban J connectivity index is 1.87. The summed E-state index contributed by atoms with van der Waals surface area (Å²) < 4.78 is 16.5. The first kappa shape index (κ1) is 29.4. The van der Waals surface area contributed by atoms with Gasteiger partial charge in [-0.1, -0.05) is 50.2 Å². The molecule has 36 heavy (non-hydrogen) atoms. The second-order valence-corrected chi connectivity index (χ2v) is 9.40. The summed E-state index contributed by atoms with van der Waals surface area (Å²) in [5, 5.41) is 16.1. The molecule has 0 aliphatic carbocycles. The summed E-state index contributed by atoms with van der Waals surface area (Å²) in [7, 11) is 3.30. The van der Waals surface area contributed by atoms with E-state index in [1.807, 2.05) is 48.5 Å². The lowest BCUT2D eigenvalue weighted by molar-refractivity contribution is 0.125. The molecule has 2 aromatic rings. The molecule has 0 heterocycles. The zero-order valence-corrected chi connectivity index (χ0v) is 22.0. The Kier molecular flexibility index (Phi) is 13.1. The summed E-state index contributed by atoms with van der Waals surface area (Å²) >= 11 is 0. The van der Waals surface area contributed by atoms with Crippen molar-refractivity contribution in [2.45, 2.75) is 51.8 Å². The number of rotatable bonds is 16. The Hall–Kier alpha value is -2.81. The molecule has 0 spiro atoms. The SMILES string of the molecule is COCCCOc1cc(C[C@@H](C[C@H](N)[C@@H](O)CNC(=O)NCc2ccccc2)C(C)C)ccc1OC. The Morgan fingerprint density at radius 1 is 1.00 bits per heavy atom. The largest absolute Gasteiger partial charge is 0.493 e. The van der Waals surface area contributed by atoms with E-state index in [0.29, 0.717) is 43.6 Å². The summed E-state index contributed by atoms with van der Waals surface area (Å²) in [5.41, 5.74) is 8.48. The molecule has 0 aliphatic heterocycles. The summed E-state index contributed by atoms with van der Waals surface area (Å²) in [5.74, 6) is 2.01. The fraction of sp³-hybridized carbons (Fsp3) is 0.536. The van der Waals surface area contributed by atoms with Crippen LogP contribution < -0.4 is 25.8 Å². The van der Waals surface area contributed by atoms with Crippen LogP contribution in [0.25, 0.3) is 0 Å². The van der Waals surface area contributed by atoms with E-state index in [1.165, 1.54) is 0 Å². The molecule has 5 N–H and O–H groups in total. The zero-order chi connectivity index (χ0) is 26.3. The van der Waals surface area contributed by atoms with Crippen molar-refractivity contribution in [2.24, 2.45) is 17.6 Å². The number of nitrogens with two attached hydrogens (primary N) is 1. The fourth-order valence-electron chi connectivity index (χ4n) is 3.94. The Bertz CT molecular complexity index is 894. The maximum absolute atomic E-state index is 12.1. The molecule has 0 fully saturated rings. The number of methoxy groups -OCH3 is 2. The first-order valence-electron chi connectivity index (χ1n) is 12.6. The van der Waals surface area contributed by atoms with E-state index in [2.05, 4.69) is 24.5 Å². The molecule has 0 aliphatic rings. The van der Waals surface area contributed by atoms with Crippen molar-refractivity contribution < 1.29 is 24.1 Å². The third-order valence-electron chi connectivity index (χ3n) is 6.26. The van der Waals surface area contributed by atoms with E-state index in [1.54, 1.807) is 14.2 Å². The minimum atomic E-state index is -0.843. The van der Waals surface area contributed by atoms with Crippen LogP contribution in [0.2, 0.25) is 0 Å². The second-order valence-electron chi connectivity index (χ2n) is 9.40. The standard InChI is InChI=1S/C28H43N3O5/c1-20(2)23(15-22-11-12-26(35-4)27(16-22)36-14-8-13-34-3)17-24(29)25(32)19-31-28(33)30-18-21-9-6-5-7-10-21/h5-7,9-12,16,20,23-25,32H,8,13-15,17-19,29H2,1-4H3,(H2,30,31,33)/t23-,24-,25-/m0/s1. The minimum Gasteiger partial charge on any atom is -0.493 e. The van der Waals surface area contributed by atoms with Gasteiger partial charge in [0.15, 0.2) is 11.5 Å². The van der Waals surface area contributed by atoms with Crippen LogP contribution in [-0.2, 0) is 17.7 Å². The molecule has 2 amide bonds. The molecular weight excluding hydrogens is 458 g/mol. The number of carbonyl (C=O) groups is 1. The first-order chi connectivity index (χ1) is 17.3. The van der Waals surface area contributed by atoms with Gasteiger partial charge in [0.25, 0.3) is 0 Å². The number of hydrogen-bond donors (Lipinski definition) is 4. The minimum absolute atomic E-state index is 0.0919. The van der Waals surface area contributed by atoms with Crippen molar-refractivity contribution >= 4 is 6.03 Å². The highest BCUT2D eigenvalue weighted by atomic mass is 16.5. The molecule has 0 saturated carbocycles. The molecule has 0 saturated heterocycles. The normalized spacial score (nSPS) is 13.6. The van der Waals surface area contributed by atoms with Crippen LogP contribution in [0.4, 0.5) is 4.79 Å². The van der Waals surface area contributed by atoms with Crippen molar-refractivity contribution in [1.82, 2.24) is 10.6 Å². The molecule has 0 unspecified atom stereocenters. The highest BCUT2D eigenvalue weighted by Crippen LogP contribution is 2.31. The quantitative estimate of drug-likeness (QED) is 0.262. The van der Waals surface area contributed by atoms with Gasteiger partial charge in [-0.15, -0.1) is 0 Å². The number of aliphatic hydroxyl groups excluding tert-OH is 1. The molecule has 200 valence electrons. The van der Waals surface area contributed by atoms with Gasteiger partial charge in [-0.05, 0) is 47.9 Å². The maximum Gasteiger partial charge on any atom is 0.315 e. The van der Waals surface area contributed by atoms with Crippen LogP contribution in [0.15, 0.2) is 48.5 Å². The second kappa shape index (κ2) is 16.0. The van der Waals surface area contributed by atoms with Crippen LogP contribution in [0.5, 0.6) is 11.5 Å². The van der Waals surface area contributed by atoms with Gasteiger partial charge in [-0.3, -0.25) is 0 Å². The van der Waals surface area contributed by atoms with Crippen LogP contribution >= 0.6 is 0 Å². The molecule has 8 heteroatoms. The third kappa shape index (κ3) is 10.4. The van der Waals surface area contributed by atoms with Crippen LogP contribution in [0, 0.1) is 11.8 Å². The number of nitrogens with one attached hydrogen (secondary N) is 2. The van der Waals surface area contributed by atoms with Gasteiger partial charge < -0.3 is 35.7 Å². The monoisotopic (exact) mass is 501 g/mol. The highest BCUT2D eigenvalue weighted by molar-refractivity contribution is 5.73. The molecule has 2 aromatic carbocycles. The molecule has 0 radical (unpaired) electrons. The molecule has 8 nitrogen and oxygen atoms in total. The van der Waals surface area contributed by atoms with Gasteiger partial charge >= 0.3 is 6.03 Å². The van der Waals surface area contributed by atoms with Crippen molar-refractivity contribution in [2.75, 3.05) is 34.0 Å². The number of aliphatic hydroxyl groups is 1. The number of amides is 2. The predicted molar refractivity (Wildman–Crippen MR) is 142 cm³/mol. The maximum atomic E-state index is 12.1. The van der Waals surface area contributed by atoms with E-state index >= 15 is 0 Å². The van der Waals surface area contributed by atoms with Crippen molar-refractivity contribution in [3.05, 3.63) is 59.7 Å². The molecule has 0 bridgehead atoms. The van der Waals surface area contributed by atoms with Gasteiger partial charge in [-0.25, -0.2) is 4.79 Å². The van der Waals surface area contributed by atoms with Crippen molar-refractivity contribution in [1.29, 1.82) is 0 Å². The van der Waals surface area contributed by atoms with Crippen LogP contribution in [-0.4, -0.2) is 57.3 Å². The van der Waals surface area contributed by atoms with E-state index in [9.17, 15) is 9.90 Å². The van der Waals surface area contributed by atoms with Crippen molar-refractivity contribution in [3.63, 3.8) is 0 Å². The van der Waals surface area contributed by atoms with Gasteiger partial charge in [0, 0.05) is 39.3 Å². The lowest BCUT2D eigenvalue weighted by Crippen LogP contribution is -2.47. The predicted octanol–water partition coefficient (Wildman–Crippen LogP) is 3.50. The topological polar surface area (TPSA) is 115 Å². The van der Waals surface area contributed by atoms with Gasteiger partial charge in [0.2, 0.25) is 0 Å². The third-order valence-corrected chi connectivity index (χ3v) is 6.26. The zero-order valence-electron chi connectivity index (χ0n) is 22.0. The molecular formula is C28H43N3O5. The van der Waals surface area contributed by atoms with E-state index in [4.69, 9.17) is 19.9 Å². The average Bonchev–Trinajstić information content (AvgIpc) is 2.88. The Morgan fingerprint density at radius 3 is 2.42 bits per heavy atom. The average molecular weight is 502 g/mol. The number of urea groups is 1. The van der Waals surface area contributed by atoms with Crippen LogP contribution in [0.3, 0.4) is 0 Å². The number of hydrogen-bond acceptors (Lipinski definition) is 6. The number of carbonyl (C=O) groups excluding carboxylic acids is 1. The summed E-state index contributed by atoms with van der Waals surface area (Å²) in [4.78, 5) is 12.1. The number of ether oxygens (including phenoxy) is 3. The van der Waals surface area contributed by atoms with Crippen molar-refractivity contribution in [3.8, 4) is 11.5 Å². The summed E-state index contributed by atoms with van der Waals surface area (Å²) in [6.07, 6.45) is 1.37. The first-order valence-corrected chi connectivity index (χ1v) is 12.6. The van der Waals surface area contributed by atoms with Gasteiger partial charge in [0.1, 0.15) is 0 Å². The lowest BCUT2D eigenvalue weighted by atomic mass is 9.83. The fourth-order valence-corrected chi connectivity index (χ4v) is 3.94. The molecule has 0 aromatic heterocycles. The summed E-state index contributed by atoms with van der Waals surface area (Å²) in [6, 6.07) is 14.8. The Morgan fingerprint density at radius 2 is 1.75 bits per heavy atom. The highest BCUT2D eigenvalue weighted by Gasteiger charge is 2.23. The molecule has 2 rings (SSSR count). The Labute approximate surface area is 215 Å². The van der Waals surface area contributed by atoms with E-state index in [-0.39, 0.29) is 18.5 Å². The van der Waals surface area contributed by atoms with E-state index < -0.39 is 12.1 Å². The van der Waals surface area contributed by atoms with Gasteiger partial charge in [-0.2, -0.15) is 0 Å². The smallest absolute Gasteiger partial charge is 0.315 e.